The summed E-state index contributed by atoms with van der Waals surface area (Å²) in [5.74, 6) is 1.11. The number of ether oxygens (including phenoxy) is 2. The van der Waals surface area contributed by atoms with Crippen LogP contribution in [0.5, 0.6) is 11.5 Å². The van der Waals surface area contributed by atoms with Gasteiger partial charge in [-0.05, 0) is 36.4 Å². The van der Waals surface area contributed by atoms with Gasteiger partial charge in [-0.2, -0.15) is 5.26 Å². The summed E-state index contributed by atoms with van der Waals surface area (Å²) in [7, 11) is 1.58. The summed E-state index contributed by atoms with van der Waals surface area (Å²) in [6.07, 6.45) is 2.87. The van der Waals surface area contributed by atoms with Gasteiger partial charge in [0.25, 0.3) is 0 Å². The van der Waals surface area contributed by atoms with E-state index in [4.69, 9.17) is 9.47 Å². The highest BCUT2D eigenvalue weighted by Crippen LogP contribution is 2.32. The van der Waals surface area contributed by atoms with Crippen molar-refractivity contribution in [2.24, 2.45) is 0 Å². The SMILES string of the molecule is COc1ccc2c(c1)C=CC(C#N)N2C(=O)Oc1ccccc1. The van der Waals surface area contributed by atoms with Crippen LogP contribution in [0.4, 0.5) is 10.5 Å². The van der Waals surface area contributed by atoms with Crippen LogP contribution < -0.4 is 14.4 Å². The molecular weight excluding hydrogens is 292 g/mol. The summed E-state index contributed by atoms with van der Waals surface area (Å²) in [6.45, 7) is 0. The summed E-state index contributed by atoms with van der Waals surface area (Å²) in [5.41, 5.74) is 1.40. The maximum atomic E-state index is 12.5. The zero-order chi connectivity index (χ0) is 16.2. The Morgan fingerprint density at radius 3 is 2.65 bits per heavy atom. The normalized spacial score (nSPS) is 15.5. The average molecular weight is 306 g/mol. The molecule has 5 nitrogen and oxygen atoms in total. The quantitative estimate of drug-likeness (QED) is 0.850. The summed E-state index contributed by atoms with van der Waals surface area (Å²) >= 11 is 0. The molecule has 114 valence electrons. The van der Waals surface area contributed by atoms with Crippen molar-refractivity contribution < 1.29 is 14.3 Å². The first-order chi connectivity index (χ1) is 11.2. The summed E-state index contributed by atoms with van der Waals surface area (Å²) in [5, 5.41) is 9.33. The molecule has 1 aliphatic heterocycles. The molecule has 2 aromatic rings. The molecule has 23 heavy (non-hydrogen) atoms. The molecule has 0 fully saturated rings. The number of hydrogen-bond donors (Lipinski definition) is 0. The van der Waals surface area contributed by atoms with Crippen molar-refractivity contribution in [1.82, 2.24) is 0 Å². The molecule has 0 spiro atoms. The standard InChI is InChI=1S/C18H14N2O3/c1-22-16-9-10-17-13(11-16)7-8-14(12-19)20(17)18(21)23-15-5-3-2-4-6-15/h2-11,14H,1H3. The van der Waals surface area contributed by atoms with Crippen molar-refractivity contribution in [2.45, 2.75) is 6.04 Å². The molecule has 2 aromatic carbocycles. The summed E-state index contributed by atoms with van der Waals surface area (Å²) in [6, 6.07) is 15.4. The zero-order valence-corrected chi connectivity index (χ0v) is 12.5. The Balaban J connectivity index is 1.95. The summed E-state index contributed by atoms with van der Waals surface area (Å²) < 4.78 is 10.6. The Kier molecular flexibility index (Phi) is 3.98. The number of nitrogens with zero attached hydrogens (tertiary/aromatic N) is 2. The van der Waals surface area contributed by atoms with Gasteiger partial charge in [0.15, 0.2) is 0 Å². The van der Waals surface area contributed by atoms with Crippen molar-refractivity contribution in [3.63, 3.8) is 0 Å². The smallest absolute Gasteiger partial charge is 0.421 e. The molecule has 1 unspecified atom stereocenters. The van der Waals surface area contributed by atoms with E-state index in [1.807, 2.05) is 12.1 Å². The lowest BCUT2D eigenvalue weighted by Crippen LogP contribution is -2.42. The van der Waals surface area contributed by atoms with Gasteiger partial charge in [0, 0.05) is 5.56 Å². The predicted molar refractivity (Wildman–Crippen MR) is 86.4 cm³/mol. The third-order valence-electron chi connectivity index (χ3n) is 3.51. The van der Waals surface area contributed by atoms with Gasteiger partial charge in [0.2, 0.25) is 0 Å². The van der Waals surface area contributed by atoms with E-state index in [0.29, 0.717) is 17.2 Å². The lowest BCUT2D eigenvalue weighted by atomic mass is 10.0. The fourth-order valence-electron chi connectivity index (χ4n) is 2.39. The Bertz CT molecular complexity index is 794. The van der Waals surface area contributed by atoms with Gasteiger partial charge in [-0.3, -0.25) is 4.90 Å². The predicted octanol–water partition coefficient (Wildman–Crippen LogP) is 3.62. The maximum absolute atomic E-state index is 12.5. The van der Waals surface area contributed by atoms with E-state index in [1.165, 1.54) is 4.90 Å². The molecule has 0 aromatic heterocycles. The van der Waals surface area contributed by atoms with Gasteiger partial charge in [-0.25, -0.2) is 4.79 Å². The molecule has 3 rings (SSSR count). The third-order valence-corrected chi connectivity index (χ3v) is 3.51. The molecule has 0 aliphatic carbocycles. The minimum Gasteiger partial charge on any atom is -0.497 e. The second kappa shape index (κ2) is 6.24. The number of methoxy groups -OCH3 is 1. The Morgan fingerprint density at radius 2 is 1.96 bits per heavy atom. The molecule has 0 saturated heterocycles. The van der Waals surface area contributed by atoms with E-state index in [-0.39, 0.29) is 0 Å². The number of nitriles is 1. The average Bonchev–Trinajstić information content (AvgIpc) is 2.60. The van der Waals surface area contributed by atoms with Gasteiger partial charge in [0.1, 0.15) is 17.5 Å². The topological polar surface area (TPSA) is 62.6 Å². The molecule has 1 heterocycles. The van der Waals surface area contributed by atoms with E-state index in [1.54, 1.807) is 55.7 Å². The zero-order valence-electron chi connectivity index (χ0n) is 12.5. The number of rotatable bonds is 2. The lowest BCUT2D eigenvalue weighted by molar-refractivity contribution is 0.207. The largest absolute Gasteiger partial charge is 0.497 e. The first-order valence-electron chi connectivity index (χ1n) is 7.05. The van der Waals surface area contributed by atoms with Gasteiger partial charge in [-0.15, -0.1) is 0 Å². The van der Waals surface area contributed by atoms with Crippen LogP contribution in [-0.4, -0.2) is 19.2 Å². The van der Waals surface area contributed by atoms with Crippen LogP contribution >= 0.6 is 0 Å². The van der Waals surface area contributed by atoms with Crippen LogP contribution in [0.2, 0.25) is 0 Å². The van der Waals surface area contributed by atoms with Crippen molar-refractivity contribution in [2.75, 3.05) is 12.0 Å². The van der Waals surface area contributed by atoms with Crippen molar-refractivity contribution >= 4 is 17.9 Å². The molecule has 1 amide bonds. The maximum Gasteiger partial charge on any atom is 0.421 e. The van der Waals surface area contributed by atoms with Gasteiger partial charge < -0.3 is 9.47 Å². The van der Waals surface area contributed by atoms with E-state index < -0.39 is 12.1 Å². The molecular formula is C18H14N2O3. The van der Waals surface area contributed by atoms with Gasteiger partial charge >= 0.3 is 6.09 Å². The van der Waals surface area contributed by atoms with Crippen LogP contribution in [0.15, 0.2) is 54.6 Å². The third kappa shape index (κ3) is 2.87. The van der Waals surface area contributed by atoms with E-state index >= 15 is 0 Å². The highest BCUT2D eigenvalue weighted by atomic mass is 16.6. The second-order valence-corrected chi connectivity index (χ2v) is 4.91. The number of carbonyl (C=O) groups excluding carboxylic acids is 1. The number of fused-ring (bicyclic) bond motifs is 1. The van der Waals surface area contributed by atoms with Crippen LogP contribution in [-0.2, 0) is 0 Å². The minimum atomic E-state index is -0.716. The van der Waals surface area contributed by atoms with E-state index in [2.05, 4.69) is 6.07 Å². The highest BCUT2D eigenvalue weighted by Gasteiger charge is 2.30. The fourth-order valence-corrected chi connectivity index (χ4v) is 2.39. The van der Waals surface area contributed by atoms with E-state index in [9.17, 15) is 10.1 Å². The minimum absolute atomic E-state index is 0.429. The summed E-state index contributed by atoms with van der Waals surface area (Å²) in [4.78, 5) is 13.9. The van der Waals surface area contributed by atoms with Gasteiger partial charge in [-0.1, -0.05) is 24.3 Å². The number of benzene rings is 2. The Labute approximate surface area is 134 Å². The molecule has 5 heteroatoms. The fraction of sp³-hybridized carbons (Fsp3) is 0.111. The highest BCUT2D eigenvalue weighted by molar-refractivity contribution is 5.95. The molecule has 0 saturated carbocycles. The number of para-hydroxylation sites is 1. The first-order valence-corrected chi connectivity index (χ1v) is 7.05. The Hall–Kier alpha value is -3.26. The van der Waals surface area contributed by atoms with Crippen molar-refractivity contribution in [3.05, 3.63) is 60.2 Å². The molecule has 1 aliphatic rings. The monoisotopic (exact) mass is 306 g/mol. The van der Waals surface area contributed by atoms with E-state index in [0.717, 1.165) is 5.56 Å². The first kappa shape index (κ1) is 14.7. The van der Waals surface area contributed by atoms with Crippen LogP contribution in [0, 0.1) is 11.3 Å². The van der Waals surface area contributed by atoms with Crippen molar-refractivity contribution in [1.29, 1.82) is 5.26 Å². The number of carbonyl (C=O) groups is 1. The van der Waals surface area contributed by atoms with Gasteiger partial charge in [0.05, 0.1) is 18.9 Å². The molecule has 0 radical (unpaired) electrons. The second-order valence-electron chi connectivity index (χ2n) is 4.91. The number of amides is 1. The van der Waals surface area contributed by atoms with Crippen molar-refractivity contribution in [3.8, 4) is 17.6 Å². The van der Waals surface area contributed by atoms with Crippen LogP contribution in [0.3, 0.4) is 0 Å². The molecule has 0 N–H and O–H groups in total. The Morgan fingerprint density at radius 1 is 1.17 bits per heavy atom. The van der Waals surface area contributed by atoms with Crippen LogP contribution in [0.1, 0.15) is 5.56 Å². The number of anilines is 1. The molecule has 1 atom stereocenters. The molecule has 0 bridgehead atoms. The van der Waals surface area contributed by atoms with Crippen LogP contribution in [0.25, 0.3) is 6.08 Å². The lowest BCUT2D eigenvalue weighted by Gasteiger charge is -2.29. The number of hydrogen-bond acceptors (Lipinski definition) is 4.